The number of aliphatic carboxylic acids is 1. The number of hydrogen-bond donors (Lipinski definition) is 2. The molecule has 0 aliphatic heterocycles. The van der Waals surface area contributed by atoms with Gasteiger partial charge in [0, 0.05) is 0 Å². The number of carboxylic acids is 1. The predicted octanol–water partition coefficient (Wildman–Crippen LogP) is 6.62. The van der Waals surface area contributed by atoms with Gasteiger partial charge >= 0.3 is 5.97 Å². The van der Waals surface area contributed by atoms with Crippen LogP contribution in [0.3, 0.4) is 0 Å². The summed E-state index contributed by atoms with van der Waals surface area (Å²) in [4.78, 5) is 10.8. The highest BCUT2D eigenvalue weighted by molar-refractivity contribution is 7.18. The lowest BCUT2D eigenvalue weighted by molar-refractivity contribution is -0.141. The highest BCUT2D eigenvalue weighted by Gasteiger charge is 2.31. The first-order chi connectivity index (χ1) is 13.6. The van der Waals surface area contributed by atoms with E-state index in [-0.39, 0.29) is 12.0 Å². The molecule has 7 atom stereocenters. The van der Waals surface area contributed by atoms with Crippen LogP contribution in [0, 0.1) is 23.7 Å². The molecule has 0 radical (unpaired) electrons. The summed E-state index contributed by atoms with van der Waals surface area (Å²) in [5.41, 5.74) is 3.40. The molecule has 0 saturated heterocycles. The van der Waals surface area contributed by atoms with Crippen LogP contribution in [-0.2, 0) is 4.79 Å². The number of rotatable bonds is 13. The third kappa shape index (κ3) is 9.79. The lowest BCUT2D eigenvalue weighted by Gasteiger charge is -2.36. The monoisotopic (exact) mass is 424 g/mol. The number of aliphatic hydroxyl groups is 1. The van der Waals surface area contributed by atoms with Gasteiger partial charge in [-0.25, -0.2) is 0 Å². The van der Waals surface area contributed by atoms with E-state index in [9.17, 15) is 9.90 Å². The average Bonchev–Trinajstić information content (AvgIpc) is 2.67. The van der Waals surface area contributed by atoms with Crippen LogP contribution in [-0.4, -0.2) is 27.9 Å². The zero-order chi connectivity index (χ0) is 22.0. The van der Waals surface area contributed by atoms with Crippen molar-refractivity contribution in [3.63, 3.8) is 0 Å². The van der Waals surface area contributed by atoms with Crippen molar-refractivity contribution in [2.75, 3.05) is 0 Å². The molecule has 0 aromatic rings. The minimum atomic E-state index is -0.681. The Kier molecular flexibility index (Phi) is 12.4. The Morgan fingerprint density at radius 2 is 1.83 bits per heavy atom. The molecule has 1 rings (SSSR count). The summed E-state index contributed by atoms with van der Waals surface area (Å²) in [6.07, 6.45) is 14.0. The third-order valence-corrected chi connectivity index (χ3v) is 7.98. The fourth-order valence-electron chi connectivity index (χ4n) is 4.16. The van der Waals surface area contributed by atoms with Crippen LogP contribution in [0.4, 0.5) is 0 Å². The van der Waals surface area contributed by atoms with Crippen molar-refractivity contribution in [3.05, 3.63) is 23.3 Å². The summed E-state index contributed by atoms with van der Waals surface area (Å²) in [5, 5.41) is 19.1. The second-order valence-electron chi connectivity index (χ2n) is 9.59. The molecule has 0 amide bonds. The first kappa shape index (κ1) is 26.4. The number of unbranched alkanes of at least 4 members (excludes halogenated alkanes) is 2. The molecule has 0 bridgehead atoms. The van der Waals surface area contributed by atoms with Crippen molar-refractivity contribution in [2.24, 2.45) is 23.7 Å². The number of carboxylic acid groups (broad SMARTS) is 1. The van der Waals surface area contributed by atoms with E-state index in [0.717, 1.165) is 38.5 Å². The Bertz CT molecular complexity index is 554. The van der Waals surface area contributed by atoms with E-state index in [0.29, 0.717) is 23.4 Å². The van der Waals surface area contributed by atoms with Crippen molar-refractivity contribution >= 4 is 15.2 Å². The summed E-state index contributed by atoms with van der Waals surface area (Å²) in [7, 11) is 3.00. The van der Waals surface area contributed by atoms with Gasteiger partial charge in [-0.2, -0.15) is 0 Å². The zero-order valence-corrected chi connectivity index (χ0v) is 20.5. The van der Waals surface area contributed by atoms with Crippen LogP contribution < -0.4 is 0 Å². The lowest BCUT2D eigenvalue weighted by atomic mass is 9.78. The van der Waals surface area contributed by atoms with E-state index < -0.39 is 5.97 Å². The number of carbonyl (C=O) groups is 1. The summed E-state index contributed by atoms with van der Waals surface area (Å²) < 4.78 is 0. The van der Waals surface area contributed by atoms with Crippen molar-refractivity contribution in [2.45, 2.75) is 104 Å². The van der Waals surface area contributed by atoms with Crippen LogP contribution in [0.2, 0.25) is 0 Å². The second kappa shape index (κ2) is 13.6. The van der Waals surface area contributed by atoms with Crippen molar-refractivity contribution in [1.29, 1.82) is 0 Å². The molecule has 2 N–H and O–H groups in total. The minimum Gasteiger partial charge on any atom is -0.481 e. The van der Waals surface area contributed by atoms with Gasteiger partial charge in [-0.3, -0.25) is 4.79 Å². The van der Waals surface area contributed by atoms with Gasteiger partial charge in [-0.05, 0) is 75.3 Å². The normalized spacial score (nSPS) is 27.4. The van der Waals surface area contributed by atoms with Crippen LogP contribution in [0.1, 0.15) is 92.4 Å². The van der Waals surface area contributed by atoms with Gasteiger partial charge in [0.2, 0.25) is 0 Å². The molecule has 29 heavy (non-hydrogen) atoms. The molecular formula is C25H45O3P. The Balaban J connectivity index is 2.20. The highest BCUT2D eigenvalue weighted by Crippen LogP contribution is 2.37. The molecule has 4 heteroatoms. The SMILES string of the molecule is C/C(=C\CCCCC(C)C(=O)O)CCCC(C)CCC1=CC(O)C(C)C(C)C1P. The van der Waals surface area contributed by atoms with Gasteiger partial charge in [0.05, 0.1) is 12.0 Å². The average molecular weight is 425 g/mol. The van der Waals surface area contributed by atoms with E-state index in [1.165, 1.54) is 30.4 Å². The molecule has 0 heterocycles. The molecule has 0 fully saturated rings. The summed E-state index contributed by atoms with van der Waals surface area (Å²) in [5.74, 6) is 0.672. The molecule has 168 valence electrons. The Hall–Kier alpha value is -0.660. The first-order valence-electron chi connectivity index (χ1n) is 11.7. The summed E-state index contributed by atoms with van der Waals surface area (Å²) in [6, 6.07) is 0. The molecule has 0 saturated carbocycles. The molecule has 0 aromatic carbocycles. The largest absolute Gasteiger partial charge is 0.481 e. The molecule has 0 aromatic heterocycles. The van der Waals surface area contributed by atoms with E-state index in [1.54, 1.807) is 6.92 Å². The Morgan fingerprint density at radius 3 is 2.48 bits per heavy atom. The van der Waals surface area contributed by atoms with E-state index in [1.807, 2.05) is 0 Å². The number of allylic oxidation sites excluding steroid dienone is 3. The van der Waals surface area contributed by atoms with Crippen LogP contribution in [0.15, 0.2) is 23.3 Å². The van der Waals surface area contributed by atoms with Gasteiger partial charge in [0.15, 0.2) is 0 Å². The fourth-order valence-corrected chi connectivity index (χ4v) is 4.79. The topological polar surface area (TPSA) is 57.5 Å². The standard InChI is InChI=1S/C25H45O3P/c1-17(10-7-6-8-13-19(3)25(27)28)11-9-12-18(2)14-15-22-16-23(26)20(4)21(5)24(22)29/h10,16,18-21,23-24,26H,6-9,11-15,29H2,1-5H3,(H,27,28)/b17-10+. The molecular weight excluding hydrogens is 379 g/mol. The van der Waals surface area contributed by atoms with Crippen LogP contribution in [0.25, 0.3) is 0 Å². The summed E-state index contributed by atoms with van der Waals surface area (Å²) in [6.45, 7) is 10.8. The van der Waals surface area contributed by atoms with E-state index >= 15 is 0 Å². The fraction of sp³-hybridized carbons (Fsp3) is 0.800. The van der Waals surface area contributed by atoms with Crippen molar-refractivity contribution in [3.8, 4) is 0 Å². The maximum absolute atomic E-state index is 10.8. The maximum atomic E-state index is 10.8. The third-order valence-electron chi connectivity index (χ3n) is 6.95. The lowest BCUT2D eigenvalue weighted by Crippen LogP contribution is -2.34. The minimum absolute atomic E-state index is 0.220. The smallest absolute Gasteiger partial charge is 0.306 e. The first-order valence-corrected chi connectivity index (χ1v) is 12.3. The molecule has 0 spiro atoms. The zero-order valence-electron chi connectivity index (χ0n) is 19.4. The number of hydrogen-bond acceptors (Lipinski definition) is 2. The molecule has 1 aliphatic carbocycles. The molecule has 3 nitrogen and oxygen atoms in total. The Morgan fingerprint density at radius 1 is 1.14 bits per heavy atom. The van der Waals surface area contributed by atoms with Gasteiger partial charge in [-0.1, -0.05) is 63.8 Å². The highest BCUT2D eigenvalue weighted by atomic mass is 31.0. The maximum Gasteiger partial charge on any atom is 0.306 e. The van der Waals surface area contributed by atoms with Gasteiger partial charge in [-0.15, -0.1) is 9.24 Å². The quantitative estimate of drug-likeness (QED) is 0.198. The second-order valence-corrected chi connectivity index (χ2v) is 10.3. The predicted molar refractivity (Wildman–Crippen MR) is 127 cm³/mol. The van der Waals surface area contributed by atoms with Gasteiger partial charge in [0.25, 0.3) is 0 Å². The van der Waals surface area contributed by atoms with E-state index in [4.69, 9.17) is 5.11 Å². The Labute approximate surface area is 181 Å². The van der Waals surface area contributed by atoms with Gasteiger partial charge < -0.3 is 10.2 Å². The van der Waals surface area contributed by atoms with Crippen LogP contribution in [0.5, 0.6) is 0 Å². The molecule has 1 aliphatic rings. The van der Waals surface area contributed by atoms with E-state index in [2.05, 4.69) is 49.1 Å². The van der Waals surface area contributed by atoms with Crippen molar-refractivity contribution in [1.82, 2.24) is 0 Å². The summed E-state index contributed by atoms with van der Waals surface area (Å²) >= 11 is 0. The van der Waals surface area contributed by atoms with Crippen LogP contribution >= 0.6 is 9.24 Å². The van der Waals surface area contributed by atoms with Gasteiger partial charge in [0.1, 0.15) is 0 Å². The number of aliphatic hydroxyl groups excluding tert-OH is 1. The molecule has 7 unspecified atom stereocenters. The van der Waals surface area contributed by atoms with Crippen molar-refractivity contribution < 1.29 is 15.0 Å².